The van der Waals surface area contributed by atoms with Crippen LogP contribution in [0.4, 0.5) is 10.1 Å². The molecule has 114 valence electrons. The third-order valence-electron chi connectivity index (χ3n) is 3.95. The van der Waals surface area contributed by atoms with Crippen LogP contribution in [0, 0.1) is 5.82 Å². The van der Waals surface area contributed by atoms with E-state index in [1.165, 1.54) is 13.0 Å². The van der Waals surface area contributed by atoms with Crippen LogP contribution in [0.25, 0.3) is 0 Å². The fraction of sp³-hybridized carbons (Fsp3) is 0.500. The van der Waals surface area contributed by atoms with E-state index in [4.69, 9.17) is 0 Å². The monoisotopic (exact) mass is 292 g/mol. The zero-order valence-corrected chi connectivity index (χ0v) is 12.7. The summed E-state index contributed by atoms with van der Waals surface area (Å²) >= 11 is 0. The quantitative estimate of drug-likeness (QED) is 0.804. The number of carbonyl (C=O) groups is 2. The van der Waals surface area contributed by atoms with Gasteiger partial charge in [0.25, 0.3) is 0 Å². The van der Waals surface area contributed by atoms with E-state index in [9.17, 15) is 14.0 Å². The second kappa shape index (κ2) is 6.24. The van der Waals surface area contributed by atoms with Gasteiger partial charge in [-0.2, -0.15) is 0 Å². The Morgan fingerprint density at radius 2 is 2.05 bits per heavy atom. The summed E-state index contributed by atoms with van der Waals surface area (Å²) in [7, 11) is 0. The van der Waals surface area contributed by atoms with Crippen molar-refractivity contribution < 1.29 is 14.0 Å². The molecule has 5 heteroatoms. The van der Waals surface area contributed by atoms with E-state index in [0.29, 0.717) is 37.3 Å². The number of halogens is 1. The zero-order chi connectivity index (χ0) is 15.6. The van der Waals surface area contributed by atoms with Gasteiger partial charge >= 0.3 is 0 Å². The van der Waals surface area contributed by atoms with Crippen LogP contribution >= 0.6 is 0 Å². The van der Waals surface area contributed by atoms with Crippen molar-refractivity contribution in [2.24, 2.45) is 0 Å². The molecule has 1 atom stereocenters. The number of rotatable bonds is 3. The second-order valence-electron chi connectivity index (χ2n) is 5.46. The average molecular weight is 292 g/mol. The first-order valence-corrected chi connectivity index (χ1v) is 7.29. The molecule has 0 aliphatic carbocycles. The van der Waals surface area contributed by atoms with E-state index in [1.807, 2.05) is 23.6 Å². The Morgan fingerprint density at radius 1 is 1.33 bits per heavy atom. The van der Waals surface area contributed by atoms with E-state index in [1.54, 1.807) is 12.1 Å². The largest absolute Gasteiger partial charge is 0.365 e. The van der Waals surface area contributed by atoms with Gasteiger partial charge < -0.3 is 9.80 Å². The van der Waals surface area contributed by atoms with Gasteiger partial charge in [-0.15, -0.1) is 0 Å². The van der Waals surface area contributed by atoms with Crippen LogP contribution in [-0.4, -0.2) is 42.3 Å². The minimum atomic E-state index is -0.384. The summed E-state index contributed by atoms with van der Waals surface area (Å²) in [6.45, 7) is 7.05. The highest BCUT2D eigenvalue weighted by molar-refractivity contribution is 5.94. The van der Waals surface area contributed by atoms with E-state index in [-0.39, 0.29) is 23.5 Å². The molecule has 1 saturated heterocycles. The van der Waals surface area contributed by atoms with Crippen LogP contribution in [-0.2, 0) is 4.79 Å². The lowest BCUT2D eigenvalue weighted by Gasteiger charge is -2.41. The van der Waals surface area contributed by atoms with Gasteiger partial charge in [0, 0.05) is 37.7 Å². The predicted molar refractivity (Wildman–Crippen MR) is 80.1 cm³/mol. The standard InChI is InChI=1S/C16H21FN2O2/c1-4-16(21)19-8-7-18(10-11(19)2)15-6-5-13(12(3)20)9-14(15)17/h5-6,9,11H,4,7-8,10H2,1-3H3/t11-/m1/s1. The Labute approximate surface area is 124 Å². The highest BCUT2D eigenvalue weighted by Crippen LogP contribution is 2.24. The van der Waals surface area contributed by atoms with E-state index < -0.39 is 0 Å². The van der Waals surface area contributed by atoms with Crippen molar-refractivity contribution in [3.05, 3.63) is 29.6 Å². The molecule has 1 aliphatic rings. The summed E-state index contributed by atoms with van der Waals surface area (Å²) in [6.07, 6.45) is 0.492. The molecule has 1 aromatic rings. The lowest BCUT2D eigenvalue weighted by molar-refractivity contribution is -0.133. The van der Waals surface area contributed by atoms with E-state index in [2.05, 4.69) is 0 Å². The molecule has 1 fully saturated rings. The zero-order valence-electron chi connectivity index (χ0n) is 12.7. The first-order chi connectivity index (χ1) is 9.93. The average Bonchev–Trinajstić information content (AvgIpc) is 2.46. The summed E-state index contributed by atoms with van der Waals surface area (Å²) < 4.78 is 14.2. The van der Waals surface area contributed by atoms with Gasteiger partial charge in [-0.25, -0.2) is 4.39 Å². The predicted octanol–water partition coefficient (Wildman–Crippen LogP) is 2.48. The molecule has 21 heavy (non-hydrogen) atoms. The fourth-order valence-corrected chi connectivity index (χ4v) is 2.73. The highest BCUT2D eigenvalue weighted by Gasteiger charge is 2.27. The SMILES string of the molecule is CCC(=O)N1CCN(c2ccc(C(C)=O)cc2F)C[C@H]1C. The minimum Gasteiger partial charge on any atom is -0.365 e. The van der Waals surface area contributed by atoms with Gasteiger partial charge in [-0.3, -0.25) is 9.59 Å². The number of carbonyl (C=O) groups excluding carboxylic acids is 2. The Kier molecular flexibility index (Phi) is 4.60. The van der Waals surface area contributed by atoms with Gasteiger partial charge in [0.05, 0.1) is 5.69 Å². The normalized spacial score (nSPS) is 18.8. The molecule has 1 amide bonds. The van der Waals surface area contributed by atoms with Crippen LogP contribution in [0.15, 0.2) is 18.2 Å². The van der Waals surface area contributed by atoms with Gasteiger partial charge in [0.2, 0.25) is 5.91 Å². The van der Waals surface area contributed by atoms with Crippen molar-refractivity contribution >= 4 is 17.4 Å². The number of ketones is 1. The molecule has 2 rings (SSSR count). The molecule has 0 saturated carbocycles. The molecule has 1 heterocycles. The highest BCUT2D eigenvalue weighted by atomic mass is 19.1. The molecule has 0 aromatic heterocycles. The number of amides is 1. The second-order valence-corrected chi connectivity index (χ2v) is 5.46. The third-order valence-corrected chi connectivity index (χ3v) is 3.95. The van der Waals surface area contributed by atoms with Crippen molar-refractivity contribution in [3.8, 4) is 0 Å². The van der Waals surface area contributed by atoms with Gasteiger partial charge in [0.1, 0.15) is 5.82 Å². The van der Waals surface area contributed by atoms with Crippen molar-refractivity contribution in [1.82, 2.24) is 4.90 Å². The third kappa shape index (κ3) is 3.23. The van der Waals surface area contributed by atoms with Crippen LogP contribution in [0.3, 0.4) is 0 Å². The Bertz CT molecular complexity index is 559. The number of benzene rings is 1. The van der Waals surface area contributed by atoms with Crippen LogP contribution in [0.2, 0.25) is 0 Å². The van der Waals surface area contributed by atoms with Crippen molar-refractivity contribution in [2.45, 2.75) is 33.2 Å². The van der Waals surface area contributed by atoms with Gasteiger partial charge in [-0.05, 0) is 32.0 Å². The maximum absolute atomic E-state index is 14.2. The Balaban J connectivity index is 2.14. The maximum Gasteiger partial charge on any atom is 0.222 e. The lowest BCUT2D eigenvalue weighted by atomic mass is 10.1. The van der Waals surface area contributed by atoms with Gasteiger partial charge in [0.15, 0.2) is 5.78 Å². The molecule has 0 bridgehead atoms. The molecule has 1 aromatic carbocycles. The number of Topliss-reactive ketones (excluding diaryl/α,β-unsaturated/α-hetero) is 1. The van der Waals surface area contributed by atoms with Crippen molar-refractivity contribution in [1.29, 1.82) is 0 Å². The number of anilines is 1. The molecule has 0 spiro atoms. The number of hydrogen-bond donors (Lipinski definition) is 0. The molecule has 0 N–H and O–H groups in total. The number of piperazine rings is 1. The number of hydrogen-bond acceptors (Lipinski definition) is 3. The summed E-state index contributed by atoms with van der Waals surface area (Å²) in [5, 5.41) is 0. The van der Waals surface area contributed by atoms with Crippen LogP contribution < -0.4 is 4.90 Å². The van der Waals surface area contributed by atoms with E-state index >= 15 is 0 Å². The van der Waals surface area contributed by atoms with Crippen molar-refractivity contribution in [2.75, 3.05) is 24.5 Å². The summed E-state index contributed by atoms with van der Waals surface area (Å²) in [4.78, 5) is 26.8. The maximum atomic E-state index is 14.2. The van der Waals surface area contributed by atoms with Gasteiger partial charge in [-0.1, -0.05) is 6.92 Å². The number of nitrogens with zero attached hydrogens (tertiary/aromatic N) is 2. The lowest BCUT2D eigenvalue weighted by Crippen LogP contribution is -2.54. The molecule has 0 unspecified atom stereocenters. The fourth-order valence-electron chi connectivity index (χ4n) is 2.73. The summed E-state index contributed by atoms with van der Waals surface area (Å²) in [5.74, 6) is -0.396. The Morgan fingerprint density at radius 3 is 2.57 bits per heavy atom. The molecular weight excluding hydrogens is 271 g/mol. The summed E-state index contributed by atoms with van der Waals surface area (Å²) in [6, 6.07) is 4.63. The minimum absolute atomic E-state index is 0.0538. The molecule has 1 aliphatic heterocycles. The smallest absolute Gasteiger partial charge is 0.222 e. The van der Waals surface area contributed by atoms with Crippen LogP contribution in [0.1, 0.15) is 37.6 Å². The molecule has 4 nitrogen and oxygen atoms in total. The Hall–Kier alpha value is -1.91. The first kappa shape index (κ1) is 15.5. The molecule has 0 radical (unpaired) electrons. The first-order valence-electron chi connectivity index (χ1n) is 7.29. The summed E-state index contributed by atoms with van der Waals surface area (Å²) in [5.41, 5.74) is 0.875. The van der Waals surface area contributed by atoms with Crippen LogP contribution in [0.5, 0.6) is 0 Å². The van der Waals surface area contributed by atoms with E-state index in [0.717, 1.165) is 0 Å². The van der Waals surface area contributed by atoms with Crippen molar-refractivity contribution in [3.63, 3.8) is 0 Å². The topological polar surface area (TPSA) is 40.6 Å². The molecular formula is C16H21FN2O2.